The Morgan fingerprint density at radius 1 is 1.30 bits per heavy atom. The Morgan fingerprint density at radius 2 is 2.00 bits per heavy atom. The Kier molecular flexibility index (Phi) is 5.15. The van der Waals surface area contributed by atoms with E-state index in [-0.39, 0.29) is 18.6 Å². The lowest BCUT2D eigenvalue weighted by molar-refractivity contribution is 0.212. The van der Waals surface area contributed by atoms with E-state index >= 15 is 0 Å². The minimum absolute atomic E-state index is 0.0369. The normalized spacial score (nSPS) is 23.4. The molecule has 0 spiro atoms. The standard InChI is InChI=1S/C14H22N2O3S/c1-16(10-12-6-3-2-4-7-12)20(18,19)15-14-9-5-8-13(14)11-17/h2-4,6-7,13-15,17H,5,8-11H2,1H3. The lowest BCUT2D eigenvalue weighted by Crippen LogP contribution is -2.45. The number of rotatable bonds is 6. The summed E-state index contributed by atoms with van der Waals surface area (Å²) in [5, 5.41) is 9.26. The van der Waals surface area contributed by atoms with Gasteiger partial charge in [0.2, 0.25) is 0 Å². The van der Waals surface area contributed by atoms with E-state index < -0.39 is 10.2 Å². The third-order valence-corrected chi connectivity index (χ3v) is 5.40. The van der Waals surface area contributed by atoms with Crippen molar-refractivity contribution < 1.29 is 13.5 Å². The highest BCUT2D eigenvalue weighted by atomic mass is 32.2. The molecular formula is C14H22N2O3S. The number of benzene rings is 1. The number of nitrogens with zero attached hydrogens (tertiary/aromatic N) is 1. The average molecular weight is 298 g/mol. The minimum Gasteiger partial charge on any atom is -0.396 e. The van der Waals surface area contributed by atoms with Gasteiger partial charge in [0.05, 0.1) is 0 Å². The van der Waals surface area contributed by atoms with E-state index in [4.69, 9.17) is 0 Å². The zero-order chi connectivity index (χ0) is 14.6. The van der Waals surface area contributed by atoms with Gasteiger partial charge in [-0.2, -0.15) is 17.4 Å². The fourth-order valence-corrected chi connectivity index (χ4v) is 3.81. The average Bonchev–Trinajstić information content (AvgIpc) is 2.86. The first kappa shape index (κ1) is 15.4. The molecule has 2 atom stereocenters. The van der Waals surface area contributed by atoms with Crippen molar-refractivity contribution in [3.8, 4) is 0 Å². The number of hydrogen-bond acceptors (Lipinski definition) is 3. The molecular weight excluding hydrogens is 276 g/mol. The SMILES string of the molecule is CN(Cc1ccccc1)S(=O)(=O)NC1CCCC1CO. The van der Waals surface area contributed by atoms with Crippen LogP contribution in [0.1, 0.15) is 24.8 Å². The van der Waals surface area contributed by atoms with Crippen LogP contribution < -0.4 is 4.72 Å². The van der Waals surface area contributed by atoms with Gasteiger partial charge in [0.25, 0.3) is 10.2 Å². The fraction of sp³-hybridized carbons (Fsp3) is 0.571. The number of hydrogen-bond donors (Lipinski definition) is 2. The first-order valence-corrected chi connectivity index (χ1v) is 8.35. The van der Waals surface area contributed by atoms with Crippen LogP contribution >= 0.6 is 0 Å². The molecule has 1 aromatic rings. The number of nitrogens with one attached hydrogen (secondary N) is 1. The van der Waals surface area contributed by atoms with E-state index in [1.54, 1.807) is 7.05 Å². The molecule has 1 aliphatic rings. The van der Waals surface area contributed by atoms with Crippen molar-refractivity contribution in [1.82, 2.24) is 9.03 Å². The Bertz CT molecular complexity index is 518. The Balaban J connectivity index is 1.99. The first-order valence-electron chi connectivity index (χ1n) is 6.91. The molecule has 1 fully saturated rings. The van der Waals surface area contributed by atoms with Gasteiger partial charge in [0, 0.05) is 26.2 Å². The second-order valence-corrected chi connectivity index (χ2v) is 7.15. The smallest absolute Gasteiger partial charge is 0.279 e. The second kappa shape index (κ2) is 6.67. The molecule has 0 saturated heterocycles. The summed E-state index contributed by atoms with van der Waals surface area (Å²) in [4.78, 5) is 0. The molecule has 0 aromatic heterocycles. The second-order valence-electron chi connectivity index (χ2n) is 5.34. The summed E-state index contributed by atoms with van der Waals surface area (Å²) >= 11 is 0. The highest BCUT2D eigenvalue weighted by Crippen LogP contribution is 2.26. The topological polar surface area (TPSA) is 69.6 Å². The molecule has 20 heavy (non-hydrogen) atoms. The summed E-state index contributed by atoms with van der Waals surface area (Å²) in [6, 6.07) is 9.34. The third kappa shape index (κ3) is 3.79. The molecule has 0 aliphatic heterocycles. The van der Waals surface area contributed by atoms with Gasteiger partial charge in [-0.05, 0) is 24.3 Å². The van der Waals surface area contributed by atoms with Crippen LogP contribution in [0.3, 0.4) is 0 Å². The van der Waals surface area contributed by atoms with Crippen molar-refractivity contribution in [3.05, 3.63) is 35.9 Å². The summed E-state index contributed by atoms with van der Waals surface area (Å²) in [7, 11) is -1.94. The minimum atomic E-state index is -3.51. The predicted octanol–water partition coefficient (Wildman–Crippen LogP) is 1.11. The van der Waals surface area contributed by atoms with Gasteiger partial charge in [-0.3, -0.25) is 0 Å². The van der Waals surface area contributed by atoms with Crippen LogP contribution in [0.2, 0.25) is 0 Å². The Morgan fingerprint density at radius 3 is 2.65 bits per heavy atom. The van der Waals surface area contributed by atoms with Gasteiger partial charge >= 0.3 is 0 Å². The van der Waals surface area contributed by atoms with Gasteiger partial charge in [0.1, 0.15) is 0 Å². The molecule has 1 aromatic carbocycles. The molecule has 0 bridgehead atoms. The van der Waals surface area contributed by atoms with Crippen LogP contribution in [0.25, 0.3) is 0 Å². The summed E-state index contributed by atoms with van der Waals surface area (Å²) < 4.78 is 28.6. The number of aliphatic hydroxyl groups excluding tert-OH is 1. The zero-order valence-electron chi connectivity index (χ0n) is 11.7. The van der Waals surface area contributed by atoms with Gasteiger partial charge in [-0.1, -0.05) is 36.8 Å². The van der Waals surface area contributed by atoms with E-state index in [1.165, 1.54) is 4.31 Å². The first-order chi connectivity index (χ1) is 9.53. The van der Waals surface area contributed by atoms with Gasteiger partial charge in [-0.15, -0.1) is 0 Å². The highest BCUT2D eigenvalue weighted by Gasteiger charge is 2.31. The lowest BCUT2D eigenvalue weighted by Gasteiger charge is -2.23. The zero-order valence-corrected chi connectivity index (χ0v) is 12.5. The van der Waals surface area contributed by atoms with Crippen molar-refractivity contribution in [3.63, 3.8) is 0 Å². The van der Waals surface area contributed by atoms with Crippen molar-refractivity contribution in [2.75, 3.05) is 13.7 Å². The molecule has 0 radical (unpaired) electrons. The fourth-order valence-electron chi connectivity index (χ4n) is 2.62. The molecule has 2 unspecified atom stereocenters. The molecule has 6 heteroatoms. The number of aliphatic hydroxyl groups is 1. The Hall–Kier alpha value is -0.950. The van der Waals surface area contributed by atoms with Crippen molar-refractivity contribution in [1.29, 1.82) is 0 Å². The van der Waals surface area contributed by atoms with Crippen LogP contribution in [0.5, 0.6) is 0 Å². The van der Waals surface area contributed by atoms with Gasteiger partial charge in [0.15, 0.2) is 0 Å². The summed E-state index contributed by atoms with van der Waals surface area (Å²) in [6.45, 7) is 0.377. The summed E-state index contributed by atoms with van der Waals surface area (Å²) in [5.41, 5.74) is 0.950. The van der Waals surface area contributed by atoms with E-state index in [0.717, 1.165) is 24.8 Å². The van der Waals surface area contributed by atoms with Crippen molar-refractivity contribution in [2.24, 2.45) is 5.92 Å². The monoisotopic (exact) mass is 298 g/mol. The van der Waals surface area contributed by atoms with Crippen LogP contribution in [0.4, 0.5) is 0 Å². The van der Waals surface area contributed by atoms with Crippen molar-refractivity contribution >= 4 is 10.2 Å². The summed E-state index contributed by atoms with van der Waals surface area (Å²) in [6.07, 6.45) is 2.64. The molecule has 112 valence electrons. The maximum Gasteiger partial charge on any atom is 0.279 e. The van der Waals surface area contributed by atoms with E-state index in [9.17, 15) is 13.5 Å². The Labute approximate surface area is 120 Å². The van der Waals surface area contributed by atoms with Gasteiger partial charge < -0.3 is 5.11 Å². The largest absolute Gasteiger partial charge is 0.396 e. The van der Waals surface area contributed by atoms with Crippen LogP contribution in [0.15, 0.2) is 30.3 Å². The quantitative estimate of drug-likeness (QED) is 0.826. The van der Waals surface area contributed by atoms with E-state index in [0.29, 0.717) is 6.54 Å². The molecule has 2 rings (SSSR count). The van der Waals surface area contributed by atoms with Crippen LogP contribution in [-0.2, 0) is 16.8 Å². The van der Waals surface area contributed by atoms with Crippen LogP contribution in [0, 0.1) is 5.92 Å². The highest BCUT2D eigenvalue weighted by molar-refractivity contribution is 7.87. The van der Waals surface area contributed by atoms with Crippen molar-refractivity contribution in [2.45, 2.75) is 31.8 Å². The maximum absolute atomic E-state index is 12.3. The molecule has 5 nitrogen and oxygen atoms in total. The lowest BCUT2D eigenvalue weighted by atomic mass is 10.1. The van der Waals surface area contributed by atoms with Crippen LogP contribution in [-0.4, -0.2) is 37.5 Å². The van der Waals surface area contributed by atoms with Gasteiger partial charge in [-0.25, -0.2) is 0 Å². The molecule has 1 aliphatic carbocycles. The van der Waals surface area contributed by atoms with E-state index in [2.05, 4.69) is 4.72 Å². The molecule has 0 amide bonds. The third-order valence-electron chi connectivity index (χ3n) is 3.85. The predicted molar refractivity (Wildman–Crippen MR) is 78.2 cm³/mol. The molecule has 0 heterocycles. The van der Waals surface area contributed by atoms with E-state index in [1.807, 2.05) is 30.3 Å². The molecule has 2 N–H and O–H groups in total. The molecule has 1 saturated carbocycles. The maximum atomic E-state index is 12.3. The summed E-state index contributed by atoms with van der Waals surface area (Å²) in [5.74, 6) is 0.0369.